The standard InChI is InChI=1S/C9H10ClNO2/c1-6-3-7(5-11-12)4-8(10)9(6)13-2/h3-4H,5H2,1-2H3. The van der Waals surface area contributed by atoms with Crippen molar-refractivity contribution in [1.82, 2.24) is 0 Å². The fraction of sp³-hybridized carbons (Fsp3) is 0.333. The van der Waals surface area contributed by atoms with Gasteiger partial charge in [0.25, 0.3) is 0 Å². The lowest BCUT2D eigenvalue weighted by atomic mass is 10.1. The van der Waals surface area contributed by atoms with E-state index in [4.69, 9.17) is 16.3 Å². The molecule has 4 heteroatoms. The number of nitrogens with zero attached hydrogens (tertiary/aromatic N) is 1. The van der Waals surface area contributed by atoms with Gasteiger partial charge in [-0.25, -0.2) is 0 Å². The van der Waals surface area contributed by atoms with Gasteiger partial charge in [-0.1, -0.05) is 22.8 Å². The van der Waals surface area contributed by atoms with Crippen molar-refractivity contribution in [2.45, 2.75) is 13.5 Å². The first-order valence-corrected chi connectivity index (χ1v) is 4.19. The monoisotopic (exact) mass is 199 g/mol. The summed E-state index contributed by atoms with van der Waals surface area (Å²) in [5.74, 6) is 0.649. The number of rotatable bonds is 3. The summed E-state index contributed by atoms with van der Waals surface area (Å²) in [4.78, 5) is 10.0. The van der Waals surface area contributed by atoms with E-state index in [2.05, 4.69) is 5.18 Å². The van der Waals surface area contributed by atoms with Gasteiger partial charge in [-0.05, 0) is 24.1 Å². The molecular weight excluding hydrogens is 190 g/mol. The molecule has 0 radical (unpaired) electrons. The second kappa shape index (κ2) is 4.23. The number of nitroso groups, excluding NO2 is 1. The summed E-state index contributed by atoms with van der Waals surface area (Å²) in [6, 6.07) is 3.53. The Morgan fingerprint density at radius 3 is 2.69 bits per heavy atom. The topological polar surface area (TPSA) is 38.7 Å². The average Bonchev–Trinajstić information content (AvgIpc) is 2.04. The van der Waals surface area contributed by atoms with Crippen molar-refractivity contribution < 1.29 is 4.74 Å². The molecule has 0 bridgehead atoms. The van der Waals surface area contributed by atoms with Crippen LogP contribution in [0.25, 0.3) is 0 Å². The van der Waals surface area contributed by atoms with Crippen LogP contribution in [0.15, 0.2) is 17.3 Å². The second-order valence-electron chi connectivity index (χ2n) is 2.72. The molecule has 3 nitrogen and oxygen atoms in total. The van der Waals surface area contributed by atoms with Crippen LogP contribution in [0, 0.1) is 11.8 Å². The molecule has 0 fully saturated rings. The van der Waals surface area contributed by atoms with Crippen LogP contribution < -0.4 is 4.74 Å². The van der Waals surface area contributed by atoms with Crippen LogP contribution in [0.4, 0.5) is 0 Å². The van der Waals surface area contributed by atoms with E-state index in [-0.39, 0.29) is 6.54 Å². The molecule has 0 amide bonds. The van der Waals surface area contributed by atoms with Crippen LogP contribution in [0.3, 0.4) is 0 Å². The molecule has 1 aromatic rings. The van der Waals surface area contributed by atoms with Crippen molar-refractivity contribution in [3.63, 3.8) is 0 Å². The summed E-state index contributed by atoms with van der Waals surface area (Å²) < 4.78 is 5.07. The van der Waals surface area contributed by atoms with Gasteiger partial charge in [0.05, 0.1) is 12.1 Å². The van der Waals surface area contributed by atoms with Crippen molar-refractivity contribution in [1.29, 1.82) is 0 Å². The Hall–Kier alpha value is -1.09. The first-order chi connectivity index (χ1) is 6.19. The van der Waals surface area contributed by atoms with Crippen molar-refractivity contribution in [3.05, 3.63) is 33.2 Å². The normalized spacial score (nSPS) is 9.77. The van der Waals surface area contributed by atoms with Crippen molar-refractivity contribution >= 4 is 11.6 Å². The SMILES string of the molecule is COc1c(C)cc(CN=O)cc1Cl. The van der Waals surface area contributed by atoms with Crippen LogP contribution in [0.2, 0.25) is 5.02 Å². The molecule has 0 spiro atoms. The molecule has 0 aliphatic rings. The van der Waals surface area contributed by atoms with Crippen molar-refractivity contribution in [2.24, 2.45) is 5.18 Å². The van der Waals surface area contributed by atoms with E-state index >= 15 is 0 Å². The average molecular weight is 200 g/mol. The number of ether oxygens (including phenoxy) is 1. The van der Waals surface area contributed by atoms with E-state index in [9.17, 15) is 4.91 Å². The summed E-state index contributed by atoms with van der Waals surface area (Å²) in [6.07, 6.45) is 0. The molecular formula is C9H10ClNO2. The highest BCUT2D eigenvalue weighted by Gasteiger charge is 2.06. The fourth-order valence-electron chi connectivity index (χ4n) is 1.23. The molecule has 0 N–H and O–H groups in total. The van der Waals surface area contributed by atoms with E-state index in [0.29, 0.717) is 10.8 Å². The highest BCUT2D eigenvalue weighted by Crippen LogP contribution is 2.29. The Labute approximate surface area is 81.6 Å². The van der Waals surface area contributed by atoms with E-state index in [1.807, 2.05) is 13.0 Å². The molecule has 1 rings (SSSR count). The minimum Gasteiger partial charge on any atom is -0.495 e. The molecule has 0 unspecified atom stereocenters. The zero-order valence-electron chi connectivity index (χ0n) is 7.50. The summed E-state index contributed by atoms with van der Waals surface area (Å²) in [5.41, 5.74) is 1.71. The highest BCUT2D eigenvalue weighted by molar-refractivity contribution is 6.32. The zero-order valence-corrected chi connectivity index (χ0v) is 8.26. The number of benzene rings is 1. The maximum Gasteiger partial charge on any atom is 0.140 e. The number of aryl methyl sites for hydroxylation is 1. The molecule has 0 atom stereocenters. The molecule has 13 heavy (non-hydrogen) atoms. The van der Waals surface area contributed by atoms with Crippen molar-refractivity contribution in [3.8, 4) is 5.75 Å². The van der Waals surface area contributed by atoms with Gasteiger partial charge < -0.3 is 4.74 Å². The lowest BCUT2D eigenvalue weighted by Gasteiger charge is -2.07. The van der Waals surface area contributed by atoms with Gasteiger partial charge in [-0.15, -0.1) is 0 Å². The minimum atomic E-state index is 0.143. The van der Waals surface area contributed by atoms with Crippen LogP contribution in [-0.2, 0) is 6.54 Å². The molecule has 1 aromatic carbocycles. The Balaban J connectivity index is 3.12. The van der Waals surface area contributed by atoms with Gasteiger partial charge in [0.15, 0.2) is 0 Å². The largest absolute Gasteiger partial charge is 0.495 e. The molecule has 0 aromatic heterocycles. The maximum atomic E-state index is 10.0. The summed E-state index contributed by atoms with van der Waals surface area (Å²) >= 11 is 5.90. The minimum absolute atomic E-state index is 0.143. The molecule has 0 aliphatic heterocycles. The van der Waals surface area contributed by atoms with Crippen LogP contribution in [0.5, 0.6) is 5.75 Å². The smallest absolute Gasteiger partial charge is 0.140 e. The zero-order chi connectivity index (χ0) is 9.84. The van der Waals surface area contributed by atoms with Gasteiger partial charge in [0.1, 0.15) is 12.3 Å². The molecule has 0 saturated carbocycles. The van der Waals surface area contributed by atoms with E-state index in [0.717, 1.165) is 11.1 Å². The summed E-state index contributed by atoms with van der Waals surface area (Å²) in [5, 5.41) is 3.31. The predicted octanol–water partition coefficient (Wildman–Crippen LogP) is 2.92. The Kier molecular flexibility index (Phi) is 3.25. The molecule has 70 valence electrons. The highest BCUT2D eigenvalue weighted by atomic mass is 35.5. The molecule has 0 saturated heterocycles. The first kappa shape index (κ1) is 9.99. The van der Waals surface area contributed by atoms with Gasteiger partial charge in [0, 0.05) is 0 Å². The number of hydrogen-bond donors (Lipinski definition) is 0. The van der Waals surface area contributed by atoms with E-state index < -0.39 is 0 Å². The third-order valence-electron chi connectivity index (χ3n) is 1.74. The number of hydrogen-bond acceptors (Lipinski definition) is 3. The first-order valence-electron chi connectivity index (χ1n) is 3.81. The number of halogens is 1. The summed E-state index contributed by atoms with van der Waals surface area (Å²) in [7, 11) is 1.56. The lowest BCUT2D eigenvalue weighted by molar-refractivity contribution is 0.412. The Morgan fingerprint density at radius 2 is 2.23 bits per heavy atom. The third-order valence-corrected chi connectivity index (χ3v) is 2.02. The fourth-order valence-corrected chi connectivity index (χ4v) is 1.59. The van der Waals surface area contributed by atoms with E-state index in [1.54, 1.807) is 13.2 Å². The van der Waals surface area contributed by atoms with Crippen LogP contribution in [-0.4, -0.2) is 7.11 Å². The van der Waals surface area contributed by atoms with Crippen LogP contribution >= 0.6 is 11.6 Å². The van der Waals surface area contributed by atoms with Crippen molar-refractivity contribution in [2.75, 3.05) is 7.11 Å². The van der Waals surface area contributed by atoms with Gasteiger partial charge in [-0.2, -0.15) is 4.91 Å². The quantitative estimate of drug-likeness (QED) is 0.702. The van der Waals surface area contributed by atoms with E-state index in [1.165, 1.54) is 0 Å². The molecule has 0 heterocycles. The van der Waals surface area contributed by atoms with Gasteiger partial charge >= 0.3 is 0 Å². The second-order valence-corrected chi connectivity index (χ2v) is 3.12. The summed E-state index contributed by atoms with van der Waals surface area (Å²) in [6.45, 7) is 2.02. The Morgan fingerprint density at radius 1 is 1.54 bits per heavy atom. The van der Waals surface area contributed by atoms with Gasteiger partial charge in [0.2, 0.25) is 0 Å². The molecule has 0 aliphatic carbocycles. The van der Waals surface area contributed by atoms with Crippen LogP contribution in [0.1, 0.15) is 11.1 Å². The predicted molar refractivity (Wildman–Crippen MR) is 52.2 cm³/mol. The maximum absolute atomic E-state index is 10.0. The lowest BCUT2D eigenvalue weighted by Crippen LogP contribution is -1.91. The third kappa shape index (κ3) is 2.18. The van der Waals surface area contributed by atoms with Gasteiger partial charge in [-0.3, -0.25) is 0 Å². The Bertz CT molecular complexity index is 302. The number of methoxy groups -OCH3 is 1.